The molecule has 0 unspecified atom stereocenters. The predicted octanol–water partition coefficient (Wildman–Crippen LogP) is 1.16. The largest absolute Gasteiger partial charge is 0.379 e. The van der Waals surface area contributed by atoms with Crippen LogP contribution < -0.4 is 10.6 Å². The summed E-state index contributed by atoms with van der Waals surface area (Å²) in [5.41, 5.74) is 3.13. The number of anilines is 1. The van der Waals surface area contributed by atoms with Gasteiger partial charge >= 0.3 is 0 Å². The topological polar surface area (TPSA) is 53.6 Å². The van der Waals surface area contributed by atoms with Crippen LogP contribution in [0.4, 0.5) is 5.69 Å². The number of nitrogens with one attached hydrogen (secondary N) is 2. The first kappa shape index (κ1) is 15.9. The van der Waals surface area contributed by atoms with Crippen LogP contribution in [0.15, 0.2) is 18.2 Å². The van der Waals surface area contributed by atoms with E-state index in [2.05, 4.69) is 15.5 Å². The number of carbonyl (C=O) groups excluding carboxylic acids is 1. The van der Waals surface area contributed by atoms with E-state index >= 15 is 0 Å². The molecule has 1 aliphatic rings. The van der Waals surface area contributed by atoms with E-state index in [0.29, 0.717) is 6.54 Å². The van der Waals surface area contributed by atoms with Crippen molar-refractivity contribution in [1.82, 2.24) is 10.2 Å². The Balaban J connectivity index is 1.66. The summed E-state index contributed by atoms with van der Waals surface area (Å²) < 4.78 is 5.31. The maximum absolute atomic E-state index is 11.9. The molecule has 0 saturated carbocycles. The van der Waals surface area contributed by atoms with Gasteiger partial charge in [0.1, 0.15) is 0 Å². The van der Waals surface area contributed by atoms with E-state index in [9.17, 15) is 4.79 Å². The van der Waals surface area contributed by atoms with Crippen LogP contribution in [0.2, 0.25) is 0 Å². The lowest BCUT2D eigenvalue weighted by molar-refractivity contribution is -0.115. The number of morpholine rings is 1. The Bertz CT molecular complexity index is 471. The van der Waals surface area contributed by atoms with E-state index in [1.54, 1.807) is 0 Å². The van der Waals surface area contributed by atoms with E-state index in [1.165, 1.54) is 0 Å². The molecule has 1 aromatic carbocycles. The monoisotopic (exact) mass is 291 g/mol. The summed E-state index contributed by atoms with van der Waals surface area (Å²) in [6.45, 7) is 9.74. The van der Waals surface area contributed by atoms with Gasteiger partial charge in [-0.1, -0.05) is 12.1 Å². The standard InChI is InChI=1S/C16H25N3O2/c1-13-3-4-14(2)15(11-13)18-16(20)12-17-5-6-19-7-9-21-10-8-19/h3-4,11,17H,5-10,12H2,1-2H3,(H,18,20). The smallest absolute Gasteiger partial charge is 0.238 e. The van der Waals surface area contributed by atoms with Gasteiger partial charge in [-0.15, -0.1) is 0 Å². The van der Waals surface area contributed by atoms with Crippen LogP contribution in [0, 0.1) is 13.8 Å². The molecule has 5 nitrogen and oxygen atoms in total. The molecule has 1 saturated heterocycles. The van der Waals surface area contributed by atoms with Crippen LogP contribution in [-0.2, 0) is 9.53 Å². The molecule has 0 bridgehead atoms. The third-order valence-corrected chi connectivity index (χ3v) is 3.66. The molecular formula is C16H25N3O2. The maximum Gasteiger partial charge on any atom is 0.238 e. The normalized spacial score (nSPS) is 15.9. The van der Waals surface area contributed by atoms with Gasteiger partial charge in [0.15, 0.2) is 0 Å². The number of aryl methyl sites for hydroxylation is 2. The number of rotatable bonds is 6. The number of benzene rings is 1. The van der Waals surface area contributed by atoms with Gasteiger partial charge in [-0.25, -0.2) is 0 Å². The van der Waals surface area contributed by atoms with Crippen molar-refractivity contribution in [2.75, 3.05) is 51.3 Å². The van der Waals surface area contributed by atoms with Crippen LogP contribution in [0.25, 0.3) is 0 Å². The van der Waals surface area contributed by atoms with Crippen LogP contribution in [0.3, 0.4) is 0 Å². The molecule has 2 N–H and O–H groups in total. The van der Waals surface area contributed by atoms with E-state index in [1.807, 2.05) is 32.0 Å². The fourth-order valence-corrected chi connectivity index (χ4v) is 2.33. The molecule has 21 heavy (non-hydrogen) atoms. The predicted molar refractivity (Wildman–Crippen MR) is 84.7 cm³/mol. The first-order chi connectivity index (χ1) is 10.1. The summed E-state index contributed by atoms with van der Waals surface area (Å²) in [5, 5.41) is 6.15. The van der Waals surface area contributed by atoms with Gasteiger partial charge in [-0.2, -0.15) is 0 Å². The van der Waals surface area contributed by atoms with Gasteiger partial charge in [0.25, 0.3) is 0 Å². The van der Waals surface area contributed by atoms with E-state index in [0.717, 1.165) is 56.2 Å². The van der Waals surface area contributed by atoms with Crippen molar-refractivity contribution < 1.29 is 9.53 Å². The van der Waals surface area contributed by atoms with E-state index < -0.39 is 0 Å². The average molecular weight is 291 g/mol. The molecule has 1 amide bonds. The van der Waals surface area contributed by atoms with Gasteiger partial charge in [-0.3, -0.25) is 9.69 Å². The van der Waals surface area contributed by atoms with Crippen molar-refractivity contribution in [3.8, 4) is 0 Å². The molecule has 0 spiro atoms. The summed E-state index contributed by atoms with van der Waals surface area (Å²) in [7, 11) is 0. The SMILES string of the molecule is Cc1ccc(C)c(NC(=O)CNCCN2CCOCC2)c1. The fourth-order valence-electron chi connectivity index (χ4n) is 2.33. The highest BCUT2D eigenvalue weighted by Gasteiger charge is 2.10. The minimum atomic E-state index is 0.00526. The first-order valence-electron chi connectivity index (χ1n) is 7.53. The molecule has 0 atom stereocenters. The highest BCUT2D eigenvalue weighted by atomic mass is 16.5. The Labute approximate surface area is 126 Å². The van der Waals surface area contributed by atoms with Gasteiger partial charge < -0.3 is 15.4 Å². The molecule has 0 radical (unpaired) electrons. The Hall–Kier alpha value is -1.43. The number of ether oxygens (including phenoxy) is 1. The molecule has 5 heteroatoms. The lowest BCUT2D eigenvalue weighted by atomic mass is 10.1. The van der Waals surface area contributed by atoms with Crippen molar-refractivity contribution in [1.29, 1.82) is 0 Å². The minimum absolute atomic E-state index is 0.00526. The second-order valence-electron chi connectivity index (χ2n) is 5.50. The number of amides is 1. The highest BCUT2D eigenvalue weighted by molar-refractivity contribution is 5.93. The third kappa shape index (κ3) is 5.46. The lowest BCUT2D eigenvalue weighted by Gasteiger charge is -2.26. The maximum atomic E-state index is 11.9. The van der Waals surface area contributed by atoms with Crippen LogP contribution in [0.5, 0.6) is 0 Å². The van der Waals surface area contributed by atoms with E-state index in [4.69, 9.17) is 4.74 Å². The summed E-state index contributed by atoms with van der Waals surface area (Å²) >= 11 is 0. The van der Waals surface area contributed by atoms with Gasteiger partial charge in [-0.05, 0) is 31.0 Å². The van der Waals surface area contributed by atoms with Gasteiger partial charge in [0.2, 0.25) is 5.91 Å². The van der Waals surface area contributed by atoms with Crippen molar-refractivity contribution in [2.24, 2.45) is 0 Å². The Kier molecular flexibility index (Phi) is 6.17. The average Bonchev–Trinajstić information content (AvgIpc) is 2.48. The Morgan fingerprint density at radius 2 is 2.05 bits per heavy atom. The quantitative estimate of drug-likeness (QED) is 0.773. The summed E-state index contributed by atoms with van der Waals surface area (Å²) in [6.07, 6.45) is 0. The number of hydrogen-bond acceptors (Lipinski definition) is 4. The minimum Gasteiger partial charge on any atom is -0.379 e. The van der Waals surface area contributed by atoms with Crippen molar-refractivity contribution >= 4 is 11.6 Å². The molecule has 0 aromatic heterocycles. The summed E-state index contributed by atoms with van der Waals surface area (Å²) in [6, 6.07) is 6.07. The van der Waals surface area contributed by atoms with Crippen LogP contribution in [0.1, 0.15) is 11.1 Å². The molecule has 1 aromatic rings. The van der Waals surface area contributed by atoms with Crippen molar-refractivity contribution in [3.63, 3.8) is 0 Å². The summed E-state index contributed by atoms with van der Waals surface area (Å²) in [5.74, 6) is 0.00526. The molecule has 1 fully saturated rings. The second kappa shape index (κ2) is 8.12. The van der Waals surface area contributed by atoms with Gasteiger partial charge in [0, 0.05) is 31.9 Å². The zero-order chi connectivity index (χ0) is 15.1. The summed E-state index contributed by atoms with van der Waals surface area (Å²) in [4.78, 5) is 14.3. The molecule has 1 heterocycles. The Morgan fingerprint density at radius 3 is 2.81 bits per heavy atom. The van der Waals surface area contributed by atoms with Gasteiger partial charge in [0.05, 0.1) is 19.8 Å². The molecule has 0 aliphatic carbocycles. The number of nitrogens with zero attached hydrogens (tertiary/aromatic N) is 1. The van der Waals surface area contributed by atoms with Crippen LogP contribution >= 0.6 is 0 Å². The van der Waals surface area contributed by atoms with E-state index in [-0.39, 0.29) is 5.91 Å². The first-order valence-corrected chi connectivity index (χ1v) is 7.53. The number of hydrogen-bond donors (Lipinski definition) is 2. The van der Waals surface area contributed by atoms with Crippen molar-refractivity contribution in [3.05, 3.63) is 29.3 Å². The van der Waals surface area contributed by atoms with Crippen molar-refractivity contribution in [2.45, 2.75) is 13.8 Å². The third-order valence-electron chi connectivity index (χ3n) is 3.66. The fraction of sp³-hybridized carbons (Fsp3) is 0.562. The molecule has 1 aliphatic heterocycles. The zero-order valence-corrected chi connectivity index (χ0v) is 12.9. The number of carbonyl (C=O) groups is 1. The second-order valence-corrected chi connectivity index (χ2v) is 5.50. The molecule has 2 rings (SSSR count). The highest BCUT2D eigenvalue weighted by Crippen LogP contribution is 2.15. The zero-order valence-electron chi connectivity index (χ0n) is 12.9. The van der Waals surface area contributed by atoms with Crippen LogP contribution in [-0.4, -0.2) is 56.7 Å². The molecular weight excluding hydrogens is 266 g/mol. The Morgan fingerprint density at radius 1 is 1.29 bits per heavy atom. The lowest BCUT2D eigenvalue weighted by Crippen LogP contribution is -2.41. The molecule has 116 valence electrons.